The molecule has 2 aliphatic rings. The van der Waals surface area contributed by atoms with E-state index in [-0.39, 0.29) is 11.8 Å². The van der Waals surface area contributed by atoms with E-state index in [2.05, 4.69) is 35.2 Å². The van der Waals surface area contributed by atoms with Gasteiger partial charge in [0.05, 0.1) is 5.92 Å². The van der Waals surface area contributed by atoms with Gasteiger partial charge in [0.1, 0.15) is 11.5 Å². The summed E-state index contributed by atoms with van der Waals surface area (Å²) in [5, 5.41) is 0. The minimum atomic E-state index is -0.300. The van der Waals surface area contributed by atoms with Crippen LogP contribution < -0.4 is 4.74 Å². The molecule has 0 aliphatic carbocycles. The molecule has 1 unspecified atom stereocenters. The van der Waals surface area contributed by atoms with Crippen molar-refractivity contribution in [3.63, 3.8) is 0 Å². The van der Waals surface area contributed by atoms with E-state index in [0.717, 1.165) is 55.0 Å². The zero-order valence-electron chi connectivity index (χ0n) is 16.5. The van der Waals surface area contributed by atoms with Crippen LogP contribution in [0, 0.1) is 0 Å². The van der Waals surface area contributed by atoms with Crippen LogP contribution in [0.5, 0.6) is 11.5 Å². The number of ether oxygens (including phenoxy) is 1. The minimum absolute atomic E-state index is 0.191. The Hall–Kier alpha value is -3.07. The molecule has 3 nitrogen and oxygen atoms in total. The Morgan fingerprint density at radius 1 is 0.793 bits per heavy atom. The third-order valence-electron chi connectivity index (χ3n) is 6.18. The van der Waals surface area contributed by atoms with Gasteiger partial charge in [0, 0.05) is 30.1 Å². The highest BCUT2D eigenvalue weighted by Gasteiger charge is 2.36. The van der Waals surface area contributed by atoms with Crippen LogP contribution >= 0.6 is 0 Å². The minimum Gasteiger partial charge on any atom is -0.457 e. The summed E-state index contributed by atoms with van der Waals surface area (Å²) in [5.41, 5.74) is 3.27. The quantitative estimate of drug-likeness (QED) is 0.566. The second-order valence-electron chi connectivity index (χ2n) is 8.00. The van der Waals surface area contributed by atoms with E-state index < -0.39 is 0 Å². The predicted molar refractivity (Wildman–Crippen MR) is 114 cm³/mol. The Kier molecular flexibility index (Phi) is 4.81. The lowest BCUT2D eigenvalue weighted by atomic mass is 9.86. The molecule has 0 saturated carbocycles. The van der Waals surface area contributed by atoms with E-state index in [1.54, 1.807) is 0 Å². The monoisotopic (exact) mass is 383 g/mol. The molecule has 0 radical (unpaired) electrons. The number of benzene rings is 3. The largest absolute Gasteiger partial charge is 0.457 e. The first-order chi connectivity index (χ1) is 14.3. The maximum absolute atomic E-state index is 13.9. The second kappa shape index (κ2) is 7.75. The standard InChI is InChI=1S/C26H25NO2/c28-26(27-17-9-8-12-20(18-27)19-10-2-1-3-11-19)25-21-13-4-6-15-23(21)29-24-16-7-5-14-22(24)25/h1-7,10-11,13-16,20,25H,8-9,12,17-18H2. The van der Waals surface area contributed by atoms with E-state index in [4.69, 9.17) is 4.74 Å². The molecule has 0 aromatic heterocycles. The molecule has 2 aliphatic heterocycles. The first-order valence-electron chi connectivity index (χ1n) is 10.5. The third kappa shape index (κ3) is 3.42. The fourth-order valence-corrected chi connectivity index (χ4v) is 4.70. The number of amides is 1. The molecular formula is C26H25NO2. The van der Waals surface area contributed by atoms with Crippen LogP contribution in [0.1, 0.15) is 47.8 Å². The van der Waals surface area contributed by atoms with Crippen molar-refractivity contribution in [3.8, 4) is 11.5 Å². The van der Waals surface area contributed by atoms with Gasteiger partial charge >= 0.3 is 0 Å². The number of hydrogen-bond acceptors (Lipinski definition) is 2. The summed E-state index contributed by atoms with van der Waals surface area (Å²) in [5.74, 6) is 1.87. The first-order valence-corrected chi connectivity index (χ1v) is 10.5. The SMILES string of the molecule is O=C(C1c2ccccc2Oc2ccccc21)N1CCCCC(c2ccccc2)C1. The van der Waals surface area contributed by atoms with Crippen molar-refractivity contribution in [1.82, 2.24) is 4.90 Å². The van der Waals surface area contributed by atoms with Crippen LogP contribution in [0.2, 0.25) is 0 Å². The Labute approximate surface area is 171 Å². The number of carbonyl (C=O) groups excluding carboxylic acids is 1. The maximum Gasteiger partial charge on any atom is 0.234 e. The number of fused-ring (bicyclic) bond motifs is 2. The number of carbonyl (C=O) groups is 1. The summed E-state index contributed by atoms with van der Waals surface area (Å²) in [6.07, 6.45) is 3.35. The van der Waals surface area contributed by atoms with Gasteiger partial charge in [-0.1, -0.05) is 73.2 Å². The average molecular weight is 383 g/mol. The van der Waals surface area contributed by atoms with Gasteiger partial charge in [-0.25, -0.2) is 0 Å². The molecule has 5 rings (SSSR count). The molecule has 29 heavy (non-hydrogen) atoms. The summed E-state index contributed by atoms with van der Waals surface area (Å²) in [6.45, 7) is 1.61. The lowest BCUT2D eigenvalue weighted by Gasteiger charge is -2.33. The van der Waals surface area contributed by atoms with Gasteiger partial charge in [-0.15, -0.1) is 0 Å². The third-order valence-corrected chi connectivity index (χ3v) is 6.18. The molecule has 1 amide bonds. The van der Waals surface area contributed by atoms with Gasteiger partial charge in [-0.05, 0) is 30.5 Å². The Balaban J connectivity index is 1.50. The zero-order valence-corrected chi connectivity index (χ0v) is 16.5. The van der Waals surface area contributed by atoms with Crippen molar-refractivity contribution < 1.29 is 9.53 Å². The van der Waals surface area contributed by atoms with Crippen molar-refractivity contribution in [3.05, 3.63) is 95.6 Å². The normalized spacial score (nSPS) is 18.9. The Morgan fingerprint density at radius 3 is 2.10 bits per heavy atom. The fraction of sp³-hybridized carbons (Fsp3) is 0.269. The van der Waals surface area contributed by atoms with E-state index in [1.165, 1.54) is 5.56 Å². The fourth-order valence-electron chi connectivity index (χ4n) is 4.70. The van der Waals surface area contributed by atoms with Crippen molar-refractivity contribution in [2.24, 2.45) is 0 Å². The van der Waals surface area contributed by atoms with Crippen molar-refractivity contribution in [2.45, 2.75) is 31.1 Å². The molecule has 3 heteroatoms. The molecule has 2 heterocycles. The van der Waals surface area contributed by atoms with Crippen molar-refractivity contribution in [2.75, 3.05) is 13.1 Å². The molecular weight excluding hydrogens is 358 g/mol. The molecule has 1 atom stereocenters. The molecule has 0 N–H and O–H groups in total. The lowest BCUT2D eigenvalue weighted by Crippen LogP contribution is -2.38. The molecule has 3 aromatic rings. The van der Waals surface area contributed by atoms with Crippen molar-refractivity contribution >= 4 is 5.91 Å². The summed E-state index contributed by atoms with van der Waals surface area (Å²) in [4.78, 5) is 16.0. The highest BCUT2D eigenvalue weighted by Crippen LogP contribution is 2.45. The highest BCUT2D eigenvalue weighted by atomic mass is 16.5. The van der Waals surface area contributed by atoms with Gasteiger partial charge < -0.3 is 9.64 Å². The van der Waals surface area contributed by atoms with E-state index in [9.17, 15) is 4.79 Å². The average Bonchev–Trinajstić information content (AvgIpc) is 3.04. The number of likely N-dealkylation sites (tertiary alicyclic amines) is 1. The Morgan fingerprint density at radius 2 is 1.41 bits per heavy atom. The predicted octanol–water partition coefficient (Wildman–Crippen LogP) is 5.72. The van der Waals surface area contributed by atoms with Gasteiger partial charge in [0.25, 0.3) is 0 Å². The number of para-hydroxylation sites is 2. The number of rotatable bonds is 2. The van der Waals surface area contributed by atoms with Crippen LogP contribution in [0.3, 0.4) is 0 Å². The molecule has 0 bridgehead atoms. The van der Waals surface area contributed by atoms with E-state index in [1.807, 2.05) is 48.5 Å². The second-order valence-corrected chi connectivity index (χ2v) is 8.00. The maximum atomic E-state index is 13.9. The smallest absolute Gasteiger partial charge is 0.234 e. The van der Waals surface area contributed by atoms with Crippen LogP contribution in [-0.4, -0.2) is 23.9 Å². The summed E-state index contributed by atoms with van der Waals surface area (Å²) >= 11 is 0. The van der Waals surface area contributed by atoms with Crippen LogP contribution in [0.4, 0.5) is 0 Å². The highest BCUT2D eigenvalue weighted by molar-refractivity contribution is 5.89. The molecule has 3 aromatic carbocycles. The van der Waals surface area contributed by atoms with Gasteiger partial charge in [-0.3, -0.25) is 4.79 Å². The summed E-state index contributed by atoms with van der Waals surface area (Å²) in [6, 6.07) is 26.5. The topological polar surface area (TPSA) is 29.5 Å². The van der Waals surface area contributed by atoms with Gasteiger partial charge in [0.15, 0.2) is 0 Å². The summed E-state index contributed by atoms with van der Waals surface area (Å²) < 4.78 is 6.09. The van der Waals surface area contributed by atoms with Crippen LogP contribution in [0.15, 0.2) is 78.9 Å². The zero-order chi connectivity index (χ0) is 19.6. The first kappa shape index (κ1) is 18.0. The number of nitrogens with zero attached hydrogens (tertiary/aromatic N) is 1. The van der Waals surface area contributed by atoms with Gasteiger partial charge in [-0.2, -0.15) is 0 Å². The summed E-state index contributed by atoms with van der Waals surface area (Å²) in [7, 11) is 0. The van der Waals surface area contributed by atoms with E-state index in [0.29, 0.717) is 5.92 Å². The molecule has 1 fully saturated rings. The molecule has 146 valence electrons. The molecule has 0 spiro atoms. The van der Waals surface area contributed by atoms with Gasteiger partial charge in [0.2, 0.25) is 5.91 Å². The van der Waals surface area contributed by atoms with Crippen LogP contribution in [-0.2, 0) is 4.79 Å². The number of hydrogen-bond donors (Lipinski definition) is 0. The van der Waals surface area contributed by atoms with Crippen LogP contribution in [0.25, 0.3) is 0 Å². The molecule has 1 saturated heterocycles. The Bertz CT molecular complexity index is 968. The van der Waals surface area contributed by atoms with Crippen molar-refractivity contribution in [1.29, 1.82) is 0 Å². The lowest BCUT2D eigenvalue weighted by molar-refractivity contribution is -0.132. The van der Waals surface area contributed by atoms with E-state index >= 15 is 0 Å².